The number of pyridine rings is 1. The normalized spacial score (nSPS) is 11.0. The Morgan fingerprint density at radius 1 is 1.07 bits per heavy atom. The number of carbonyl (C=O) groups excluding carboxylic acids is 1. The van der Waals surface area contributed by atoms with Crippen molar-refractivity contribution in [1.82, 2.24) is 10.3 Å². The molecule has 0 spiro atoms. The van der Waals surface area contributed by atoms with Crippen molar-refractivity contribution in [1.29, 1.82) is 0 Å². The molecule has 0 bridgehead atoms. The number of hydrogen-bond donors (Lipinski definition) is 2. The zero-order valence-corrected chi connectivity index (χ0v) is 16.7. The third-order valence-electron chi connectivity index (χ3n) is 4.61. The highest BCUT2D eigenvalue weighted by Crippen LogP contribution is 2.27. The fourth-order valence-electron chi connectivity index (χ4n) is 3.05. The van der Waals surface area contributed by atoms with Crippen LogP contribution in [0.15, 0.2) is 53.3 Å². The number of aryl methyl sites for hydroxylation is 1. The second kappa shape index (κ2) is 9.10. The van der Waals surface area contributed by atoms with E-state index in [0.29, 0.717) is 30.0 Å². The molecule has 0 radical (unpaired) electrons. The number of carbonyl (C=O) groups is 1. The highest BCUT2D eigenvalue weighted by molar-refractivity contribution is 5.91. The summed E-state index contributed by atoms with van der Waals surface area (Å²) in [5, 5.41) is 3.78. The molecule has 0 atom stereocenters. The number of methoxy groups -OCH3 is 2. The summed E-state index contributed by atoms with van der Waals surface area (Å²) in [6.07, 6.45) is 3.60. The molecular formula is C23H24N2O4. The van der Waals surface area contributed by atoms with Crippen molar-refractivity contribution in [2.24, 2.45) is 0 Å². The van der Waals surface area contributed by atoms with E-state index in [-0.39, 0.29) is 11.5 Å². The lowest BCUT2D eigenvalue weighted by Crippen LogP contribution is -2.25. The van der Waals surface area contributed by atoms with Crippen molar-refractivity contribution in [2.45, 2.75) is 13.3 Å². The van der Waals surface area contributed by atoms with Gasteiger partial charge in [0.15, 0.2) is 11.5 Å². The van der Waals surface area contributed by atoms with Gasteiger partial charge < -0.3 is 19.8 Å². The van der Waals surface area contributed by atoms with Crippen LogP contribution in [0.25, 0.3) is 17.0 Å². The number of hydrogen-bond acceptors (Lipinski definition) is 4. The number of aromatic amines is 1. The Hall–Kier alpha value is -3.54. The highest BCUT2D eigenvalue weighted by atomic mass is 16.5. The third-order valence-corrected chi connectivity index (χ3v) is 4.61. The smallest absolute Gasteiger partial charge is 0.251 e. The van der Waals surface area contributed by atoms with E-state index in [9.17, 15) is 9.59 Å². The van der Waals surface area contributed by atoms with Crippen LogP contribution in [-0.2, 0) is 11.2 Å². The maximum Gasteiger partial charge on any atom is 0.251 e. The minimum atomic E-state index is -0.229. The maximum atomic E-state index is 12.2. The van der Waals surface area contributed by atoms with Crippen LogP contribution in [0.5, 0.6) is 11.5 Å². The summed E-state index contributed by atoms with van der Waals surface area (Å²) in [6, 6.07) is 13.2. The van der Waals surface area contributed by atoms with E-state index >= 15 is 0 Å². The molecule has 150 valence electrons. The van der Waals surface area contributed by atoms with Crippen molar-refractivity contribution in [2.75, 3.05) is 20.8 Å². The topological polar surface area (TPSA) is 80.4 Å². The molecule has 0 fully saturated rings. The summed E-state index contributed by atoms with van der Waals surface area (Å²) in [6.45, 7) is 2.35. The van der Waals surface area contributed by atoms with Gasteiger partial charge in [-0.1, -0.05) is 18.2 Å². The lowest BCUT2D eigenvalue weighted by Gasteiger charge is -2.07. The number of fused-ring (bicyclic) bond motifs is 1. The first-order chi connectivity index (χ1) is 14.0. The summed E-state index contributed by atoms with van der Waals surface area (Å²) >= 11 is 0. The maximum absolute atomic E-state index is 12.2. The van der Waals surface area contributed by atoms with E-state index in [1.807, 2.05) is 37.3 Å². The van der Waals surface area contributed by atoms with Gasteiger partial charge in [-0.3, -0.25) is 9.59 Å². The van der Waals surface area contributed by atoms with Crippen molar-refractivity contribution in [3.8, 4) is 11.5 Å². The first-order valence-corrected chi connectivity index (χ1v) is 9.30. The van der Waals surface area contributed by atoms with Gasteiger partial charge >= 0.3 is 0 Å². The molecule has 1 heterocycles. The highest BCUT2D eigenvalue weighted by Gasteiger charge is 2.05. The SMILES string of the molecule is COc1ccc(C=CC(=O)NCCc2cc3ccc(C)cc3[nH]c2=O)cc1OC. The van der Waals surface area contributed by atoms with Gasteiger partial charge in [0.05, 0.1) is 14.2 Å². The molecule has 1 amide bonds. The molecule has 0 saturated heterocycles. The van der Waals surface area contributed by atoms with Crippen LogP contribution in [-0.4, -0.2) is 31.7 Å². The minimum Gasteiger partial charge on any atom is -0.493 e. The third kappa shape index (κ3) is 5.04. The fourth-order valence-corrected chi connectivity index (χ4v) is 3.05. The molecular weight excluding hydrogens is 368 g/mol. The van der Waals surface area contributed by atoms with Gasteiger partial charge in [-0.25, -0.2) is 0 Å². The molecule has 3 aromatic rings. The number of H-pyrrole nitrogens is 1. The first kappa shape index (κ1) is 20.2. The van der Waals surface area contributed by atoms with Gasteiger partial charge in [-0.2, -0.15) is 0 Å². The van der Waals surface area contributed by atoms with Gasteiger partial charge in [-0.05, 0) is 60.2 Å². The van der Waals surface area contributed by atoms with Crippen LogP contribution >= 0.6 is 0 Å². The van der Waals surface area contributed by atoms with E-state index < -0.39 is 0 Å². The lowest BCUT2D eigenvalue weighted by molar-refractivity contribution is -0.116. The van der Waals surface area contributed by atoms with Gasteiger partial charge in [0.1, 0.15) is 0 Å². The first-order valence-electron chi connectivity index (χ1n) is 9.30. The molecule has 0 aliphatic carbocycles. The van der Waals surface area contributed by atoms with Crippen LogP contribution in [0.2, 0.25) is 0 Å². The van der Waals surface area contributed by atoms with E-state index in [0.717, 1.165) is 22.0 Å². The average molecular weight is 392 g/mol. The minimum absolute atomic E-state index is 0.127. The second-order valence-corrected chi connectivity index (χ2v) is 6.70. The molecule has 29 heavy (non-hydrogen) atoms. The lowest BCUT2D eigenvalue weighted by atomic mass is 10.1. The summed E-state index contributed by atoms with van der Waals surface area (Å²) in [5.41, 5.74) is 3.25. The number of amides is 1. The van der Waals surface area contributed by atoms with Gasteiger partial charge in [0.2, 0.25) is 5.91 Å². The fraction of sp³-hybridized carbons (Fsp3) is 0.217. The van der Waals surface area contributed by atoms with Gasteiger partial charge in [-0.15, -0.1) is 0 Å². The summed E-state index contributed by atoms with van der Waals surface area (Å²) in [4.78, 5) is 27.2. The monoisotopic (exact) mass is 392 g/mol. The Morgan fingerprint density at radius 2 is 1.86 bits per heavy atom. The molecule has 0 saturated carbocycles. The van der Waals surface area contributed by atoms with Gasteiger partial charge in [0.25, 0.3) is 5.56 Å². The number of ether oxygens (including phenoxy) is 2. The Kier molecular flexibility index (Phi) is 6.34. The largest absolute Gasteiger partial charge is 0.493 e. The molecule has 6 heteroatoms. The van der Waals surface area contributed by atoms with E-state index in [1.165, 1.54) is 6.08 Å². The van der Waals surface area contributed by atoms with Gasteiger partial charge in [0, 0.05) is 23.7 Å². The standard InChI is InChI=1S/C23H24N2O4/c1-15-4-7-17-14-18(23(27)25-19(17)12-15)10-11-24-22(26)9-6-16-5-8-20(28-2)21(13-16)29-3/h4-9,12-14H,10-11H2,1-3H3,(H,24,26)(H,25,27). The number of benzene rings is 2. The Morgan fingerprint density at radius 3 is 2.62 bits per heavy atom. The summed E-state index contributed by atoms with van der Waals surface area (Å²) in [5.74, 6) is 0.998. The molecule has 2 N–H and O–H groups in total. The summed E-state index contributed by atoms with van der Waals surface area (Å²) < 4.78 is 10.5. The van der Waals surface area contributed by atoms with Crippen LogP contribution in [0, 0.1) is 6.92 Å². The van der Waals surface area contributed by atoms with Crippen molar-refractivity contribution < 1.29 is 14.3 Å². The number of rotatable bonds is 7. The second-order valence-electron chi connectivity index (χ2n) is 6.70. The van der Waals surface area contributed by atoms with Crippen molar-refractivity contribution >= 4 is 22.9 Å². The molecule has 2 aromatic carbocycles. The zero-order chi connectivity index (χ0) is 20.8. The molecule has 0 aliphatic heterocycles. The Labute approximate surface area is 169 Å². The van der Waals surface area contributed by atoms with Crippen molar-refractivity contribution in [3.05, 3.63) is 75.6 Å². The molecule has 0 unspecified atom stereocenters. The molecule has 1 aromatic heterocycles. The van der Waals surface area contributed by atoms with Crippen molar-refractivity contribution in [3.63, 3.8) is 0 Å². The molecule has 3 rings (SSSR count). The number of aromatic nitrogens is 1. The predicted molar refractivity (Wildman–Crippen MR) is 115 cm³/mol. The van der Waals surface area contributed by atoms with Crippen LogP contribution < -0.4 is 20.3 Å². The zero-order valence-electron chi connectivity index (χ0n) is 16.7. The summed E-state index contributed by atoms with van der Waals surface area (Å²) in [7, 11) is 3.14. The molecule has 6 nitrogen and oxygen atoms in total. The van der Waals surface area contributed by atoms with Crippen LogP contribution in [0.1, 0.15) is 16.7 Å². The van der Waals surface area contributed by atoms with Crippen LogP contribution in [0.4, 0.5) is 0 Å². The molecule has 0 aliphatic rings. The van der Waals surface area contributed by atoms with Crippen LogP contribution in [0.3, 0.4) is 0 Å². The Bertz CT molecular complexity index is 1120. The Balaban J connectivity index is 1.59. The quantitative estimate of drug-likeness (QED) is 0.605. The van der Waals surface area contributed by atoms with E-state index in [4.69, 9.17) is 9.47 Å². The predicted octanol–water partition coefficient (Wildman–Crippen LogP) is 3.23. The van der Waals surface area contributed by atoms with E-state index in [2.05, 4.69) is 10.3 Å². The average Bonchev–Trinajstić information content (AvgIpc) is 2.72. The van der Waals surface area contributed by atoms with E-state index in [1.54, 1.807) is 32.4 Å². The number of nitrogens with one attached hydrogen (secondary N) is 2.